The number of urea groups is 1. The Morgan fingerprint density at radius 3 is 2.41 bits per heavy atom. The van der Waals surface area contributed by atoms with Gasteiger partial charge < -0.3 is 20.2 Å². The van der Waals surface area contributed by atoms with Crippen molar-refractivity contribution in [1.82, 2.24) is 15.1 Å². The van der Waals surface area contributed by atoms with Crippen molar-refractivity contribution in [2.75, 3.05) is 26.7 Å². The molecule has 17 heavy (non-hydrogen) atoms. The van der Waals surface area contributed by atoms with Crippen molar-refractivity contribution in [2.45, 2.75) is 32.4 Å². The van der Waals surface area contributed by atoms with Crippen LogP contribution in [0.3, 0.4) is 0 Å². The molecule has 0 aromatic carbocycles. The van der Waals surface area contributed by atoms with Gasteiger partial charge in [0, 0.05) is 25.7 Å². The van der Waals surface area contributed by atoms with Crippen molar-refractivity contribution >= 4 is 12.0 Å². The molecule has 0 aromatic heterocycles. The largest absolute Gasteiger partial charge is 0.480 e. The lowest BCUT2D eigenvalue weighted by Crippen LogP contribution is -2.60. The SMILES string of the molecule is CC1CN(C)CCN1C(=O)NC(C)(C)C(=O)O. The fourth-order valence-electron chi connectivity index (χ4n) is 1.83. The Kier molecular flexibility index (Phi) is 3.98. The van der Waals surface area contributed by atoms with Gasteiger partial charge in [-0.1, -0.05) is 0 Å². The van der Waals surface area contributed by atoms with E-state index < -0.39 is 11.5 Å². The molecule has 1 aliphatic heterocycles. The molecule has 1 rings (SSSR count). The molecule has 6 nitrogen and oxygen atoms in total. The molecular weight excluding hydrogens is 222 g/mol. The second kappa shape index (κ2) is 4.91. The lowest BCUT2D eigenvalue weighted by molar-refractivity contribution is -0.143. The van der Waals surface area contributed by atoms with E-state index in [9.17, 15) is 9.59 Å². The Morgan fingerprint density at radius 1 is 1.35 bits per heavy atom. The Balaban J connectivity index is 2.62. The smallest absolute Gasteiger partial charge is 0.328 e. The van der Waals surface area contributed by atoms with Crippen molar-refractivity contribution in [1.29, 1.82) is 0 Å². The normalized spacial score (nSPS) is 22.4. The van der Waals surface area contributed by atoms with Crippen molar-refractivity contribution in [3.63, 3.8) is 0 Å². The number of rotatable bonds is 2. The molecule has 0 saturated carbocycles. The Hall–Kier alpha value is -1.30. The molecule has 2 amide bonds. The van der Waals surface area contributed by atoms with Crippen LogP contribution in [0, 0.1) is 0 Å². The highest BCUT2D eigenvalue weighted by Crippen LogP contribution is 2.10. The summed E-state index contributed by atoms with van der Waals surface area (Å²) in [6.45, 7) is 7.16. The van der Waals surface area contributed by atoms with Gasteiger partial charge >= 0.3 is 12.0 Å². The molecule has 0 spiro atoms. The third kappa shape index (κ3) is 3.33. The highest BCUT2D eigenvalue weighted by atomic mass is 16.4. The summed E-state index contributed by atoms with van der Waals surface area (Å²) >= 11 is 0. The van der Waals surface area contributed by atoms with Crippen LogP contribution in [0.2, 0.25) is 0 Å². The quantitative estimate of drug-likeness (QED) is 0.726. The maximum atomic E-state index is 12.0. The Labute approximate surface area is 102 Å². The number of carboxylic acids is 1. The van der Waals surface area contributed by atoms with Gasteiger partial charge in [0.05, 0.1) is 0 Å². The van der Waals surface area contributed by atoms with Crippen molar-refractivity contribution in [3.05, 3.63) is 0 Å². The summed E-state index contributed by atoms with van der Waals surface area (Å²) in [6.07, 6.45) is 0. The molecule has 0 bridgehead atoms. The van der Waals surface area contributed by atoms with Gasteiger partial charge in [0.25, 0.3) is 0 Å². The second-order valence-corrected chi connectivity index (χ2v) is 5.16. The number of hydrogen-bond acceptors (Lipinski definition) is 3. The minimum Gasteiger partial charge on any atom is -0.480 e. The van der Waals surface area contributed by atoms with E-state index >= 15 is 0 Å². The third-order valence-corrected chi connectivity index (χ3v) is 3.05. The summed E-state index contributed by atoms with van der Waals surface area (Å²) in [4.78, 5) is 26.7. The number of carbonyl (C=O) groups is 2. The Morgan fingerprint density at radius 2 is 1.94 bits per heavy atom. The minimum absolute atomic E-state index is 0.0957. The summed E-state index contributed by atoms with van der Waals surface area (Å²) in [5, 5.41) is 11.5. The summed E-state index contributed by atoms with van der Waals surface area (Å²) in [5.41, 5.74) is -1.24. The van der Waals surface area contributed by atoms with Gasteiger partial charge in [-0.15, -0.1) is 0 Å². The van der Waals surface area contributed by atoms with Crippen LogP contribution in [0.15, 0.2) is 0 Å². The third-order valence-electron chi connectivity index (χ3n) is 3.05. The van der Waals surface area contributed by atoms with Gasteiger partial charge in [-0.2, -0.15) is 0 Å². The molecule has 6 heteroatoms. The predicted molar refractivity (Wildman–Crippen MR) is 63.9 cm³/mol. The first-order valence-electron chi connectivity index (χ1n) is 5.75. The molecule has 98 valence electrons. The van der Waals surface area contributed by atoms with Crippen LogP contribution in [0.1, 0.15) is 20.8 Å². The van der Waals surface area contributed by atoms with Gasteiger partial charge in [0.1, 0.15) is 5.54 Å². The van der Waals surface area contributed by atoms with Gasteiger partial charge in [0.15, 0.2) is 0 Å². The lowest BCUT2D eigenvalue weighted by Gasteiger charge is -2.39. The number of carboxylic acid groups (broad SMARTS) is 1. The number of carbonyl (C=O) groups excluding carboxylic acids is 1. The van der Waals surface area contributed by atoms with E-state index in [0.29, 0.717) is 6.54 Å². The fraction of sp³-hybridized carbons (Fsp3) is 0.818. The van der Waals surface area contributed by atoms with Crippen molar-refractivity contribution < 1.29 is 14.7 Å². The molecule has 1 heterocycles. The zero-order valence-electron chi connectivity index (χ0n) is 10.9. The predicted octanol–water partition coefficient (Wildman–Crippen LogP) is 0.195. The summed E-state index contributed by atoms with van der Waals surface area (Å²) in [7, 11) is 2.01. The van der Waals surface area contributed by atoms with E-state index in [4.69, 9.17) is 5.11 Å². The first kappa shape index (κ1) is 13.8. The Bertz CT molecular complexity index is 317. The van der Waals surface area contributed by atoms with E-state index in [2.05, 4.69) is 10.2 Å². The fourth-order valence-corrected chi connectivity index (χ4v) is 1.83. The molecule has 0 radical (unpaired) electrons. The van der Waals surface area contributed by atoms with Crippen LogP contribution < -0.4 is 5.32 Å². The monoisotopic (exact) mass is 243 g/mol. The highest BCUT2D eigenvalue weighted by molar-refractivity contribution is 5.85. The van der Waals surface area contributed by atoms with Crippen molar-refractivity contribution in [2.24, 2.45) is 0 Å². The number of amides is 2. The zero-order chi connectivity index (χ0) is 13.2. The number of likely N-dealkylation sites (N-methyl/N-ethyl adjacent to an activating group) is 1. The molecule has 0 aromatic rings. The maximum Gasteiger partial charge on any atom is 0.328 e. The molecule has 1 saturated heterocycles. The number of aliphatic carboxylic acids is 1. The second-order valence-electron chi connectivity index (χ2n) is 5.16. The molecule has 0 aliphatic carbocycles. The molecule has 1 aliphatic rings. The molecule has 2 N–H and O–H groups in total. The average molecular weight is 243 g/mol. The van der Waals surface area contributed by atoms with E-state index in [0.717, 1.165) is 13.1 Å². The molecule has 1 fully saturated rings. The van der Waals surface area contributed by atoms with E-state index in [1.54, 1.807) is 4.90 Å². The lowest BCUT2D eigenvalue weighted by atomic mass is 10.1. The highest BCUT2D eigenvalue weighted by Gasteiger charge is 2.33. The number of piperazine rings is 1. The van der Waals surface area contributed by atoms with Crippen LogP contribution in [-0.2, 0) is 4.79 Å². The molecule has 1 atom stereocenters. The van der Waals surface area contributed by atoms with Crippen LogP contribution >= 0.6 is 0 Å². The standard InChI is InChI=1S/C11H21N3O3/c1-8-7-13(4)5-6-14(8)10(17)12-11(2,3)9(15)16/h8H,5-7H2,1-4H3,(H,12,17)(H,15,16). The maximum absolute atomic E-state index is 12.0. The van der Waals surface area contributed by atoms with E-state index in [1.807, 2.05) is 14.0 Å². The average Bonchev–Trinajstić information content (AvgIpc) is 2.15. The van der Waals surface area contributed by atoms with Crippen LogP contribution in [-0.4, -0.2) is 65.2 Å². The van der Waals surface area contributed by atoms with Crippen LogP contribution in [0.4, 0.5) is 4.79 Å². The van der Waals surface area contributed by atoms with Gasteiger partial charge in [-0.05, 0) is 27.8 Å². The molecular formula is C11H21N3O3. The van der Waals surface area contributed by atoms with E-state index in [-0.39, 0.29) is 12.1 Å². The summed E-state index contributed by atoms with van der Waals surface area (Å²) in [5.74, 6) is -1.03. The number of nitrogens with one attached hydrogen (secondary N) is 1. The topological polar surface area (TPSA) is 72.9 Å². The number of hydrogen-bond donors (Lipinski definition) is 2. The van der Waals surface area contributed by atoms with Gasteiger partial charge in [0.2, 0.25) is 0 Å². The summed E-state index contributed by atoms with van der Waals surface area (Å²) in [6, 6.07) is -0.212. The van der Waals surface area contributed by atoms with E-state index in [1.165, 1.54) is 13.8 Å². The van der Waals surface area contributed by atoms with Gasteiger partial charge in [-0.3, -0.25) is 0 Å². The zero-order valence-corrected chi connectivity index (χ0v) is 10.9. The van der Waals surface area contributed by atoms with Crippen LogP contribution in [0.25, 0.3) is 0 Å². The van der Waals surface area contributed by atoms with Gasteiger partial charge in [-0.25, -0.2) is 9.59 Å². The van der Waals surface area contributed by atoms with Crippen LogP contribution in [0.5, 0.6) is 0 Å². The first-order chi connectivity index (χ1) is 7.74. The summed E-state index contributed by atoms with van der Waals surface area (Å²) < 4.78 is 0. The molecule has 1 unspecified atom stereocenters. The van der Waals surface area contributed by atoms with Crippen molar-refractivity contribution in [3.8, 4) is 0 Å². The minimum atomic E-state index is -1.24. The first-order valence-corrected chi connectivity index (χ1v) is 5.75. The number of nitrogens with zero attached hydrogens (tertiary/aromatic N) is 2.